The molecule has 0 aromatic heterocycles. The summed E-state index contributed by atoms with van der Waals surface area (Å²) in [5.41, 5.74) is 5.30. The van der Waals surface area contributed by atoms with Crippen LogP contribution < -0.4 is 5.73 Å². The van der Waals surface area contributed by atoms with Gasteiger partial charge in [0, 0.05) is 13.2 Å². The van der Waals surface area contributed by atoms with Gasteiger partial charge in [0.1, 0.15) is 0 Å². The molecule has 0 radical (unpaired) electrons. The third-order valence-corrected chi connectivity index (χ3v) is 1.85. The zero-order chi connectivity index (χ0) is 13.4. The third kappa shape index (κ3) is 21.1. The Morgan fingerprint density at radius 1 is 1.18 bits per heavy atom. The highest BCUT2D eigenvalue weighted by Crippen LogP contribution is 1.98. The van der Waals surface area contributed by atoms with Crippen molar-refractivity contribution >= 4 is 0 Å². The molecule has 1 rings (SSSR count). The molecule has 0 spiro atoms. The van der Waals surface area contributed by atoms with Gasteiger partial charge in [0.2, 0.25) is 0 Å². The monoisotopic (exact) mass is 238 g/mol. The highest BCUT2D eigenvalue weighted by atomic mass is 15.1. The zero-order valence-corrected chi connectivity index (χ0v) is 12.0. The van der Waals surface area contributed by atoms with E-state index in [0.29, 0.717) is 6.67 Å². The number of allylic oxidation sites excluding steroid dienone is 5. The molecule has 17 heavy (non-hydrogen) atoms. The molecular weight excluding hydrogens is 208 g/mol. The molecule has 0 atom stereocenters. The Hall–Kier alpha value is -0.860. The van der Waals surface area contributed by atoms with Crippen LogP contribution in [0.5, 0.6) is 0 Å². The lowest BCUT2D eigenvalue weighted by atomic mass is 10.2. The van der Waals surface area contributed by atoms with Crippen LogP contribution >= 0.6 is 0 Å². The Kier molecular flexibility index (Phi) is 19.1. The van der Waals surface area contributed by atoms with Gasteiger partial charge in [-0.25, -0.2) is 0 Å². The van der Waals surface area contributed by atoms with Crippen LogP contribution in [0, 0.1) is 0 Å². The molecule has 2 nitrogen and oxygen atoms in total. The van der Waals surface area contributed by atoms with Gasteiger partial charge in [0.15, 0.2) is 0 Å². The summed E-state index contributed by atoms with van der Waals surface area (Å²) >= 11 is 0. The fourth-order valence-electron chi connectivity index (χ4n) is 0.902. The predicted octanol–water partition coefficient (Wildman–Crippen LogP) is 3.72. The van der Waals surface area contributed by atoms with E-state index in [1.54, 1.807) is 0 Å². The molecule has 0 aromatic carbocycles. The second-order valence-corrected chi connectivity index (χ2v) is 3.93. The Morgan fingerprint density at radius 2 is 1.65 bits per heavy atom. The quantitative estimate of drug-likeness (QED) is 0.600. The largest absolute Gasteiger partial charge is 0.318 e. The van der Waals surface area contributed by atoms with Crippen LogP contribution in [0.15, 0.2) is 36.5 Å². The maximum atomic E-state index is 5.30. The van der Waals surface area contributed by atoms with Gasteiger partial charge < -0.3 is 5.73 Å². The van der Waals surface area contributed by atoms with E-state index in [1.165, 1.54) is 19.3 Å². The molecule has 2 heteroatoms. The van der Waals surface area contributed by atoms with Gasteiger partial charge >= 0.3 is 0 Å². The van der Waals surface area contributed by atoms with E-state index in [0.717, 1.165) is 6.54 Å². The lowest BCUT2D eigenvalue weighted by molar-refractivity contribution is 0.382. The van der Waals surface area contributed by atoms with Gasteiger partial charge in [-0.3, -0.25) is 4.90 Å². The lowest BCUT2D eigenvalue weighted by Gasteiger charge is -2.08. The molecular formula is C15H30N2. The molecule has 0 saturated heterocycles. The molecule has 1 aliphatic rings. The molecule has 0 unspecified atom stereocenters. The summed E-state index contributed by atoms with van der Waals surface area (Å²) in [5, 5.41) is 0. The van der Waals surface area contributed by atoms with E-state index >= 15 is 0 Å². The first-order chi connectivity index (χ1) is 8.22. The Labute approximate surface area is 108 Å². The first-order valence-electron chi connectivity index (χ1n) is 6.54. The summed E-state index contributed by atoms with van der Waals surface area (Å²) in [6, 6.07) is 0. The van der Waals surface area contributed by atoms with E-state index in [1.807, 2.05) is 24.9 Å². The summed E-state index contributed by atoms with van der Waals surface area (Å²) in [6.45, 7) is 7.84. The van der Waals surface area contributed by atoms with Crippen molar-refractivity contribution in [1.29, 1.82) is 0 Å². The SMILES string of the molecule is C/C=C\CN(C)CN.C1=CCCC=C1.CCC. The van der Waals surface area contributed by atoms with E-state index in [4.69, 9.17) is 5.73 Å². The van der Waals surface area contributed by atoms with E-state index in [9.17, 15) is 0 Å². The standard InChI is InChI=1S/C6H14N2.C6H8.C3H8/c1-3-4-5-8(2)6-7;1-2-4-6-5-3-1;1-3-2/h3-4H,5-7H2,1-2H3;1-4H,5-6H2;3H2,1-2H3/b4-3-;;. The predicted molar refractivity (Wildman–Crippen MR) is 80.0 cm³/mol. The van der Waals surface area contributed by atoms with Crippen molar-refractivity contribution in [2.24, 2.45) is 5.73 Å². The fourth-order valence-corrected chi connectivity index (χ4v) is 0.902. The van der Waals surface area contributed by atoms with Crippen LogP contribution in [-0.2, 0) is 0 Å². The van der Waals surface area contributed by atoms with E-state index in [2.05, 4.69) is 44.2 Å². The summed E-state index contributed by atoms with van der Waals surface area (Å²) in [7, 11) is 1.99. The highest BCUT2D eigenvalue weighted by molar-refractivity contribution is 5.07. The molecule has 0 aliphatic heterocycles. The minimum atomic E-state index is 0.629. The van der Waals surface area contributed by atoms with Gasteiger partial charge in [-0.15, -0.1) is 0 Å². The van der Waals surface area contributed by atoms with Crippen molar-refractivity contribution in [3.05, 3.63) is 36.5 Å². The molecule has 0 amide bonds. The molecule has 2 N–H and O–H groups in total. The second kappa shape index (κ2) is 17.5. The first kappa shape index (κ1) is 18.5. The second-order valence-electron chi connectivity index (χ2n) is 3.93. The topological polar surface area (TPSA) is 29.3 Å². The number of nitrogens with zero attached hydrogens (tertiary/aromatic N) is 1. The van der Waals surface area contributed by atoms with Crippen molar-refractivity contribution < 1.29 is 0 Å². The van der Waals surface area contributed by atoms with Crippen LogP contribution in [0.2, 0.25) is 0 Å². The Bertz CT molecular complexity index is 193. The van der Waals surface area contributed by atoms with Gasteiger partial charge in [-0.2, -0.15) is 0 Å². The number of hydrogen-bond acceptors (Lipinski definition) is 2. The van der Waals surface area contributed by atoms with Crippen LogP contribution in [0.1, 0.15) is 40.0 Å². The molecule has 0 aromatic rings. The smallest absolute Gasteiger partial charge is 0.0455 e. The van der Waals surface area contributed by atoms with Gasteiger partial charge in [0.25, 0.3) is 0 Å². The first-order valence-corrected chi connectivity index (χ1v) is 6.54. The number of nitrogens with two attached hydrogens (primary N) is 1. The van der Waals surface area contributed by atoms with Gasteiger partial charge in [0.05, 0.1) is 0 Å². The summed E-state index contributed by atoms with van der Waals surface area (Å²) in [4.78, 5) is 2.03. The van der Waals surface area contributed by atoms with E-state index < -0.39 is 0 Å². The Morgan fingerprint density at radius 3 is 1.88 bits per heavy atom. The average molecular weight is 238 g/mol. The van der Waals surface area contributed by atoms with Crippen LogP contribution in [0.4, 0.5) is 0 Å². The molecule has 0 saturated carbocycles. The highest BCUT2D eigenvalue weighted by Gasteiger charge is 1.85. The van der Waals surface area contributed by atoms with Crippen LogP contribution in [0.25, 0.3) is 0 Å². The minimum absolute atomic E-state index is 0.629. The van der Waals surface area contributed by atoms with Crippen molar-refractivity contribution in [3.8, 4) is 0 Å². The number of rotatable bonds is 3. The zero-order valence-electron chi connectivity index (χ0n) is 12.0. The Balaban J connectivity index is 0. The van der Waals surface area contributed by atoms with Gasteiger partial charge in [-0.1, -0.05) is 56.7 Å². The van der Waals surface area contributed by atoms with Crippen molar-refractivity contribution in [2.45, 2.75) is 40.0 Å². The molecule has 0 bridgehead atoms. The maximum Gasteiger partial charge on any atom is 0.0455 e. The minimum Gasteiger partial charge on any atom is -0.318 e. The maximum absolute atomic E-state index is 5.30. The summed E-state index contributed by atoms with van der Waals surface area (Å²) in [6.07, 6.45) is 16.3. The molecule has 1 aliphatic carbocycles. The molecule has 0 heterocycles. The fraction of sp³-hybridized carbons (Fsp3) is 0.600. The summed E-state index contributed by atoms with van der Waals surface area (Å²) < 4.78 is 0. The van der Waals surface area contributed by atoms with Crippen LogP contribution in [0.3, 0.4) is 0 Å². The number of hydrogen-bond donors (Lipinski definition) is 1. The summed E-state index contributed by atoms with van der Waals surface area (Å²) in [5.74, 6) is 0. The molecule has 0 fully saturated rings. The van der Waals surface area contributed by atoms with E-state index in [-0.39, 0.29) is 0 Å². The van der Waals surface area contributed by atoms with Crippen molar-refractivity contribution in [2.75, 3.05) is 20.3 Å². The average Bonchev–Trinajstić information content (AvgIpc) is 2.39. The van der Waals surface area contributed by atoms with Crippen molar-refractivity contribution in [1.82, 2.24) is 4.90 Å². The van der Waals surface area contributed by atoms with Gasteiger partial charge in [-0.05, 0) is 26.8 Å². The normalized spacial score (nSPS) is 13.1. The van der Waals surface area contributed by atoms with Crippen molar-refractivity contribution in [3.63, 3.8) is 0 Å². The lowest BCUT2D eigenvalue weighted by Crippen LogP contribution is -2.25. The number of likely N-dealkylation sites (N-methyl/N-ethyl adjacent to an activating group) is 1. The van der Waals surface area contributed by atoms with Crippen LogP contribution in [-0.4, -0.2) is 25.2 Å². The third-order valence-electron chi connectivity index (χ3n) is 1.85. The molecule has 100 valence electrons.